The zero-order valence-electron chi connectivity index (χ0n) is 52.7. The molecule has 18 rings (SSSR count). The van der Waals surface area contributed by atoms with Crippen molar-refractivity contribution in [2.24, 2.45) is 98.1 Å². The summed E-state index contributed by atoms with van der Waals surface area (Å²) < 4.78 is 14.6. The van der Waals surface area contributed by atoms with E-state index in [4.69, 9.17) is 9.47 Å². The molecule has 0 radical (unpaired) electrons. The number of hydrogen-bond acceptors (Lipinski definition) is 11. The molecule has 1 saturated heterocycles. The number of carbonyl (C=O) groups is 2. The number of aliphatic hydroxyl groups is 6. The van der Waals surface area contributed by atoms with E-state index in [2.05, 4.69) is 78.7 Å². The van der Waals surface area contributed by atoms with Crippen molar-refractivity contribution < 1.29 is 49.7 Å². The summed E-state index contributed by atoms with van der Waals surface area (Å²) in [5.74, 6) is 6.20. The first-order valence-electron chi connectivity index (χ1n) is 35.6. The standard InChI is InChI=1S/C78H97NO10/c1-45-51-17-16-48(30-51)29-46-10-8-11-47(28-46)31-58-35-56-33-55-32-53(49-12-4-3-5-13-49)19-20-61(55)74(56)42-72(43-81)66-23-27-73-41-71(24-6-7-25-71)26-22-50-14-9-15-54(40-80)59(50)37-65(79-2)60-36-57(75(73,44-82)63-38-67(83)89-68(60)63)39-76(73,85)78(66,87)69(84)64-34-52(45)18-21-62(70(74)88-58)77(64,72)86/h3-5,8-15,28,38,43,45,48,51-53,55-58,60-62,64-66,68-70,79-80,82,84-87H,6-7,16-21,23-25,27,29-37,39-42,44H2,1-2H3/t45-,48-,51+,52+,53-,55+,56-,57-,58+,60-,61+,62+,64-,65-,66-,68-,69-,70-,72+,73+,74+,75-,76-,77-,78-/m1/s1. The van der Waals surface area contributed by atoms with Crippen molar-refractivity contribution in [1.82, 2.24) is 5.32 Å². The minimum atomic E-state index is -2.36. The highest BCUT2D eigenvalue weighted by atomic mass is 16.5. The number of aliphatic hydroxyl groups excluding tert-OH is 3. The molecule has 11 nitrogen and oxygen atoms in total. The third-order valence-corrected chi connectivity index (χ3v) is 30.6. The number of carbonyl (C=O) groups excluding carboxylic acids is 2. The number of benzene rings is 3. The van der Waals surface area contributed by atoms with Gasteiger partial charge in [0.05, 0.1) is 42.5 Å². The van der Waals surface area contributed by atoms with Gasteiger partial charge in [-0.2, -0.15) is 0 Å². The largest absolute Gasteiger partial charge is 0.454 e. The molecule has 0 amide bonds. The second-order valence-corrected chi connectivity index (χ2v) is 33.0. The van der Waals surface area contributed by atoms with Crippen molar-refractivity contribution in [2.75, 3.05) is 13.7 Å². The Labute approximate surface area is 527 Å². The molecular formula is C78H97NO10. The predicted octanol–water partition coefficient (Wildman–Crippen LogP) is 10.3. The first-order valence-corrected chi connectivity index (χ1v) is 35.6. The summed E-state index contributed by atoms with van der Waals surface area (Å²) in [6, 6.07) is 26.0. The fourth-order valence-electron chi connectivity index (χ4n) is 27.2. The Morgan fingerprint density at radius 3 is 2.30 bits per heavy atom. The molecule has 11 fully saturated rings. The molecule has 89 heavy (non-hydrogen) atoms. The van der Waals surface area contributed by atoms with Gasteiger partial charge in [0.1, 0.15) is 23.6 Å². The number of rotatable bonds is 5. The van der Waals surface area contributed by atoms with Crippen molar-refractivity contribution in [1.29, 1.82) is 0 Å². The molecule has 3 aliphatic heterocycles. The summed E-state index contributed by atoms with van der Waals surface area (Å²) >= 11 is 0. The number of ether oxygens (including phenoxy) is 2. The van der Waals surface area contributed by atoms with Crippen molar-refractivity contribution in [3.63, 3.8) is 0 Å². The third-order valence-electron chi connectivity index (χ3n) is 30.6. The van der Waals surface area contributed by atoms with Crippen LogP contribution in [0.3, 0.4) is 0 Å². The van der Waals surface area contributed by atoms with Gasteiger partial charge in [0.25, 0.3) is 0 Å². The van der Waals surface area contributed by atoms with Crippen LogP contribution in [0.1, 0.15) is 181 Å². The first-order chi connectivity index (χ1) is 43.1. The predicted molar refractivity (Wildman–Crippen MR) is 336 cm³/mol. The average Bonchev–Trinajstić information content (AvgIpc) is 1.58. The lowest BCUT2D eigenvalue weighted by molar-refractivity contribution is -0.397. The highest BCUT2D eigenvalue weighted by Crippen LogP contribution is 2.84. The van der Waals surface area contributed by atoms with Gasteiger partial charge in [0.2, 0.25) is 0 Å². The molecule has 3 heterocycles. The van der Waals surface area contributed by atoms with Gasteiger partial charge in [-0.15, -0.1) is 0 Å². The van der Waals surface area contributed by atoms with Gasteiger partial charge < -0.3 is 50.2 Å². The second kappa shape index (κ2) is 20.6. The van der Waals surface area contributed by atoms with E-state index >= 15 is 20.1 Å². The summed E-state index contributed by atoms with van der Waals surface area (Å²) in [7, 11) is 1.93. The number of fused-ring (bicyclic) bond motifs is 12. The molecule has 25 atom stereocenters. The minimum absolute atomic E-state index is 0.0189. The Kier molecular flexibility index (Phi) is 13.6. The van der Waals surface area contributed by atoms with Crippen molar-refractivity contribution in [2.45, 2.75) is 221 Å². The zero-order chi connectivity index (χ0) is 60.8. The van der Waals surface area contributed by atoms with Gasteiger partial charge >= 0.3 is 5.97 Å². The van der Waals surface area contributed by atoms with E-state index in [1.807, 2.05) is 25.2 Å². The SMILES string of the molecule is CN[C@@H]1Cc2c(cccc2CO)C#CC2(CCCC2)C[C@]23CC[C@H]4[C@@](O)([C@H](O)[C@H]5C[C@@H]6CC[C@H]7[C@H]8O[C@@H](Cc9cccc(c9)C[C@H]9CC[C@@H](C9)[C@H]6C)C[C@H]6C[C@@H]9C[C@H](c%10ccccc%10)CC[C@@H]9[C@]68C[C@@]4(C=O)[C@]57O)[C@@]2(O)C[C@H]2C[C@H]1[C@H]1OC(=O)C=C1[C@@]23CO. The van der Waals surface area contributed by atoms with E-state index in [0.29, 0.717) is 67.8 Å². The van der Waals surface area contributed by atoms with Crippen LogP contribution in [-0.2, 0) is 44.9 Å². The van der Waals surface area contributed by atoms with E-state index in [9.17, 15) is 20.1 Å². The van der Waals surface area contributed by atoms with Crippen molar-refractivity contribution in [3.05, 3.63) is 118 Å². The topological polar surface area (TPSA) is 186 Å². The van der Waals surface area contributed by atoms with Gasteiger partial charge in [0.15, 0.2) is 0 Å². The van der Waals surface area contributed by atoms with Crippen LogP contribution in [0.25, 0.3) is 0 Å². The Morgan fingerprint density at radius 2 is 1.52 bits per heavy atom. The van der Waals surface area contributed by atoms with Crippen LogP contribution in [0, 0.1) is 110 Å². The molecule has 10 saturated carbocycles. The Bertz CT molecular complexity index is 3420. The second-order valence-electron chi connectivity index (χ2n) is 33.0. The maximum Gasteiger partial charge on any atom is 0.331 e. The summed E-state index contributed by atoms with van der Waals surface area (Å²) in [5.41, 5.74) is -4.51. The summed E-state index contributed by atoms with van der Waals surface area (Å²) in [5, 5.41) is 89.1. The lowest BCUT2D eigenvalue weighted by Gasteiger charge is -2.77. The number of esters is 1. The van der Waals surface area contributed by atoms with Gasteiger partial charge in [0, 0.05) is 63.0 Å². The number of hydrogen-bond donors (Lipinski definition) is 7. The molecule has 3 spiro atoms. The van der Waals surface area contributed by atoms with Crippen molar-refractivity contribution >= 4 is 12.3 Å². The highest BCUT2D eigenvalue weighted by Gasteiger charge is 2.90. The molecule has 12 aliphatic carbocycles. The van der Waals surface area contributed by atoms with E-state index in [0.717, 1.165) is 119 Å². The minimum Gasteiger partial charge on any atom is -0.454 e. The Balaban J connectivity index is 0.884. The molecule has 11 heteroatoms. The number of likely N-dealkylation sites (N-methyl/N-ethyl adjacent to an activating group) is 1. The maximum absolute atomic E-state index is 16.2. The van der Waals surface area contributed by atoms with E-state index in [1.165, 1.54) is 16.7 Å². The van der Waals surface area contributed by atoms with Crippen molar-refractivity contribution in [3.8, 4) is 11.8 Å². The quantitative estimate of drug-likeness (QED) is 0.0733. The highest BCUT2D eigenvalue weighted by molar-refractivity contribution is 5.87. The van der Waals surface area contributed by atoms with Gasteiger partial charge in [-0.1, -0.05) is 98.3 Å². The average molecular weight is 1210 g/mol. The molecular weight excluding hydrogens is 1110 g/mol. The first kappa shape index (κ1) is 58.6. The molecule has 3 aromatic rings. The van der Waals surface area contributed by atoms with Crippen LogP contribution < -0.4 is 5.32 Å². The maximum atomic E-state index is 16.2. The van der Waals surface area contributed by atoms with Crippen LogP contribution in [0.2, 0.25) is 0 Å². The van der Waals surface area contributed by atoms with Gasteiger partial charge in [-0.05, 0) is 241 Å². The lowest BCUT2D eigenvalue weighted by Crippen LogP contribution is -2.87. The zero-order valence-corrected chi connectivity index (χ0v) is 52.7. The van der Waals surface area contributed by atoms with Crippen LogP contribution in [0.15, 0.2) is 84.4 Å². The van der Waals surface area contributed by atoms with Crippen LogP contribution in [0.4, 0.5) is 0 Å². The summed E-state index contributed by atoms with van der Waals surface area (Å²) in [4.78, 5) is 30.5. The fraction of sp³-hybridized carbons (Fsp3) is 0.692. The molecule has 3 aromatic carbocycles. The molecule has 15 aliphatic rings. The van der Waals surface area contributed by atoms with E-state index in [-0.39, 0.29) is 73.7 Å². The van der Waals surface area contributed by atoms with Crippen LogP contribution in [-0.4, -0.2) is 104 Å². The summed E-state index contributed by atoms with van der Waals surface area (Å²) in [6.07, 6.45) is 17.1. The monoisotopic (exact) mass is 1210 g/mol. The smallest absolute Gasteiger partial charge is 0.331 e. The third kappa shape index (κ3) is 7.64. The number of nitrogens with one attached hydrogen (secondary N) is 1. The summed E-state index contributed by atoms with van der Waals surface area (Å²) in [6.45, 7) is 1.85. The van der Waals surface area contributed by atoms with Gasteiger partial charge in [-0.25, -0.2) is 4.79 Å². The molecule has 0 aromatic heterocycles. The van der Waals surface area contributed by atoms with E-state index in [1.54, 1.807) is 6.08 Å². The van der Waals surface area contributed by atoms with Gasteiger partial charge in [-0.3, -0.25) is 0 Å². The fourth-order valence-corrected chi connectivity index (χ4v) is 27.2. The molecule has 12 bridgehead atoms. The van der Waals surface area contributed by atoms with Crippen LogP contribution in [0.5, 0.6) is 0 Å². The van der Waals surface area contributed by atoms with E-state index < -0.39 is 92.3 Å². The van der Waals surface area contributed by atoms with Crippen LogP contribution >= 0.6 is 0 Å². The normalized spacial score (nSPS) is 49.2. The lowest BCUT2D eigenvalue weighted by atomic mass is 9.30. The molecule has 474 valence electrons. The molecule has 0 unspecified atom stereocenters. The Morgan fingerprint density at radius 1 is 0.742 bits per heavy atom. The Hall–Kier alpha value is -4.22. The number of aldehydes is 1. The molecule has 7 N–H and O–H groups in total.